The quantitative estimate of drug-likeness (QED) is 0.660. The third-order valence-corrected chi connectivity index (χ3v) is 4.22. The number of hydrogen-bond acceptors (Lipinski definition) is 3. The summed E-state index contributed by atoms with van der Waals surface area (Å²) in [6, 6.07) is 7.96. The molecule has 0 aliphatic carbocycles. The summed E-state index contributed by atoms with van der Waals surface area (Å²) < 4.78 is 29.1. The molecule has 1 heterocycles. The molecule has 0 aliphatic rings. The molecule has 0 radical (unpaired) electrons. The van der Waals surface area contributed by atoms with Gasteiger partial charge in [-0.15, -0.1) is 0 Å². The Balaban J connectivity index is 2.04. The van der Waals surface area contributed by atoms with Gasteiger partial charge in [0.2, 0.25) is 0 Å². The Labute approximate surface area is 147 Å². The van der Waals surface area contributed by atoms with E-state index in [0.717, 1.165) is 17.5 Å². The van der Waals surface area contributed by atoms with Crippen LogP contribution in [0.2, 0.25) is 0 Å². The van der Waals surface area contributed by atoms with Crippen LogP contribution in [0.1, 0.15) is 35.8 Å². The van der Waals surface area contributed by atoms with E-state index in [1.54, 1.807) is 30.5 Å². The van der Waals surface area contributed by atoms with Gasteiger partial charge in [0, 0.05) is 17.8 Å². The number of aliphatic hydroxyl groups is 1. The van der Waals surface area contributed by atoms with Gasteiger partial charge in [0.1, 0.15) is 17.7 Å². The molecule has 1 amide bonds. The molecule has 0 aliphatic heterocycles. The minimum atomic E-state index is -1.52. The monoisotopic (exact) mass is 358 g/mol. The van der Waals surface area contributed by atoms with Crippen LogP contribution in [0.4, 0.5) is 13.6 Å². The molecule has 5 nitrogen and oxygen atoms in total. The highest BCUT2D eigenvalue weighted by Gasteiger charge is 2.23. The molecule has 3 rings (SSSR count). The number of nitrogens with one attached hydrogen (secondary N) is 1. The first-order valence-electron chi connectivity index (χ1n) is 7.87. The number of carbonyl (C=O) groups is 1. The van der Waals surface area contributed by atoms with Gasteiger partial charge in [-0.3, -0.25) is 4.98 Å². The molecule has 1 aromatic heterocycles. The molecule has 1 unspecified atom stereocenters. The number of carboxylic acid groups (broad SMARTS) is 1. The van der Waals surface area contributed by atoms with Crippen molar-refractivity contribution in [1.82, 2.24) is 10.3 Å². The van der Waals surface area contributed by atoms with Crippen molar-refractivity contribution in [3.63, 3.8) is 0 Å². The lowest BCUT2D eigenvalue weighted by Gasteiger charge is -2.18. The summed E-state index contributed by atoms with van der Waals surface area (Å²) in [6.07, 6.45) is 0.318. The summed E-state index contributed by atoms with van der Waals surface area (Å²) in [4.78, 5) is 14.7. The van der Waals surface area contributed by atoms with E-state index in [9.17, 15) is 18.7 Å². The number of amides is 1. The first kappa shape index (κ1) is 17.8. The number of aliphatic hydroxyl groups excluding tert-OH is 1. The number of nitrogens with zero attached hydrogens (tertiary/aromatic N) is 1. The predicted molar refractivity (Wildman–Crippen MR) is 91.7 cm³/mol. The average Bonchev–Trinajstić information content (AvgIpc) is 2.59. The maximum Gasteiger partial charge on any atom is 0.405 e. The number of benzene rings is 2. The van der Waals surface area contributed by atoms with Gasteiger partial charge < -0.3 is 15.5 Å². The number of pyridine rings is 1. The van der Waals surface area contributed by atoms with E-state index in [2.05, 4.69) is 10.3 Å². The zero-order valence-corrected chi connectivity index (χ0v) is 13.8. The highest BCUT2D eigenvalue weighted by atomic mass is 19.1. The van der Waals surface area contributed by atoms with Crippen LogP contribution in [0.3, 0.4) is 0 Å². The van der Waals surface area contributed by atoms with Gasteiger partial charge in [0.05, 0.1) is 11.6 Å². The van der Waals surface area contributed by atoms with Crippen LogP contribution < -0.4 is 5.32 Å². The summed E-state index contributed by atoms with van der Waals surface area (Å²) >= 11 is 0. The lowest BCUT2D eigenvalue weighted by molar-refractivity contribution is 0.190. The van der Waals surface area contributed by atoms with E-state index in [1.807, 2.05) is 0 Å². The molecule has 134 valence electrons. The van der Waals surface area contributed by atoms with Crippen molar-refractivity contribution in [3.05, 3.63) is 77.1 Å². The van der Waals surface area contributed by atoms with Crippen molar-refractivity contribution < 1.29 is 23.8 Å². The molecule has 7 heteroatoms. The second kappa shape index (κ2) is 7.05. The summed E-state index contributed by atoms with van der Waals surface area (Å²) in [7, 11) is 0. The van der Waals surface area contributed by atoms with Crippen molar-refractivity contribution in [2.24, 2.45) is 0 Å². The first-order valence-corrected chi connectivity index (χ1v) is 7.87. The second-order valence-corrected chi connectivity index (χ2v) is 5.92. The molecule has 26 heavy (non-hydrogen) atoms. The van der Waals surface area contributed by atoms with E-state index >= 15 is 0 Å². The Morgan fingerprint density at radius 2 is 1.88 bits per heavy atom. The fraction of sp³-hybridized carbons (Fsp3) is 0.158. The minimum absolute atomic E-state index is 0.125. The van der Waals surface area contributed by atoms with E-state index in [4.69, 9.17) is 5.11 Å². The summed E-state index contributed by atoms with van der Waals surface area (Å²) in [5.41, 5.74) is -0.00628. The second-order valence-electron chi connectivity index (χ2n) is 5.92. The van der Waals surface area contributed by atoms with Gasteiger partial charge in [0.15, 0.2) is 0 Å². The largest absolute Gasteiger partial charge is 0.465 e. The zero-order valence-electron chi connectivity index (χ0n) is 13.8. The Kier molecular flexibility index (Phi) is 4.81. The maximum atomic E-state index is 14.6. The summed E-state index contributed by atoms with van der Waals surface area (Å²) in [6.45, 7) is 1.47. The van der Waals surface area contributed by atoms with Crippen molar-refractivity contribution in [2.45, 2.75) is 19.1 Å². The molecule has 3 N–H and O–H groups in total. The number of rotatable bonds is 4. The number of hydrogen-bond donors (Lipinski definition) is 3. The van der Waals surface area contributed by atoms with E-state index < -0.39 is 35.4 Å². The highest BCUT2D eigenvalue weighted by Crippen LogP contribution is 2.32. The van der Waals surface area contributed by atoms with Gasteiger partial charge in [-0.1, -0.05) is 18.2 Å². The molecule has 0 saturated heterocycles. The smallest absolute Gasteiger partial charge is 0.405 e. The molecule has 2 aromatic carbocycles. The molecule has 3 aromatic rings. The van der Waals surface area contributed by atoms with Crippen LogP contribution in [-0.2, 0) is 0 Å². The van der Waals surface area contributed by atoms with E-state index in [1.165, 1.54) is 13.1 Å². The van der Waals surface area contributed by atoms with Gasteiger partial charge in [-0.05, 0) is 41.6 Å². The van der Waals surface area contributed by atoms with Gasteiger partial charge in [0.25, 0.3) is 0 Å². The van der Waals surface area contributed by atoms with Crippen LogP contribution in [0.25, 0.3) is 10.8 Å². The Hall–Kier alpha value is -3.06. The van der Waals surface area contributed by atoms with Crippen molar-refractivity contribution in [3.8, 4) is 0 Å². The number of fused-ring (bicyclic) bond motifs is 1. The molecular formula is C19H16F2N2O3. The maximum absolute atomic E-state index is 14.6. The number of halogens is 2. The molecule has 0 fully saturated rings. The average molecular weight is 358 g/mol. The molecule has 0 spiro atoms. The fourth-order valence-corrected chi connectivity index (χ4v) is 2.93. The van der Waals surface area contributed by atoms with Gasteiger partial charge in [-0.2, -0.15) is 0 Å². The predicted octanol–water partition coefficient (Wildman–Crippen LogP) is 3.92. The number of aromatic nitrogens is 1. The third kappa shape index (κ3) is 3.34. The van der Waals surface area contributed by atoms with E-state index in [-0.39, 0.29) is 5.56 Å². The lowest BCUT2D eigenvalue weighted by atomic mass is 9.94. The minimum Gasteiger partial charge on any atom is -0.465 e. The molecular weight excluding hydrogens is 342 g/mol. The van der Waals surface area contributed by atoms with Crippen molar-refractivity contribution >= 4 is 16.9 Å². The van der Waals surface area contributed by atoms with Crippen molar-refractivity contribution in [2.75, 3.05) is 0 Å². The summed E-state index contributed by atoms with van der Waals surface area (Å²) in [5, 5.41) is 22.9. The highest BCUT2D eigenvalue weighted by molar-refractivity contribution is 5.85. The molecule has 0 saturated carbocycles. The first-order chi connectivity index (χ1) is 12.4. The lowest BCUT2D eigenvalue weighted by Crippen LogP contribution is -2.24. The van der Waals surface area contributed by atoms with E-state index in [0.29, 0.717) is 10.9 Å². The van der Waals surface area contributed by atoms with Gasteiger partial charge >= 0.3 is 6.09 Å². The SMILES string of the molecule is C[C@@H](NC(=O)O)c1cc(F)c(C(O)c2cccc3cnccc23)c(F)c1. The Morgan fingerprint density at radius 3 is 2.54 bits per heavy atom. The normalized spacial score (nSPS) is 13.4. The standard InChI is InChI=1S/C19H16F2N2O3/c1-10(23-19(25)26)12-7-15(20)17(16(21)8-12)18(24)14-4-2-3-11-9-22-6-5-13(11)14/h2-10,18,23-24H,1H3,(H,25,26)/t10-,18?/m1/s1. The van der Waals surface area contributed by atoms with Crippen LogP contribution >= 0.6 is 0 Å². The van der Waals surface area contributed by atoms with Crippen LogP contribution in [0.5, 0.6) is 0 Å². The van der Waals surface area contributed by atoms with Gasteiger partial charge in [-0.25, -0.2) is 13.6 Å². The van der Waals surface area contributed by atoms with Crippen LogP contribution in [0, 0.1) is 11.6 Å². The Morgan fingerprint density at radius 1 is 1.19 bits per heavy atom. The molecule has 0 bridgehead atoms. The van der Waals surface area contributed by atoms with Crippen LogP contribution in [-0.4, -0.2) is 21.3 Å². The molecule has 2 atom stereocenters. The topological polar surface area (TPSA) is 82.5 Å². The third-order valence-electron chi connectivity index (χ3n) is 4.22. The van der Waals surface area contributed by atoms with Crippen molar-refractivity contribution in [1.29, 1.82) is 0 Å². The zero-order chi connectivity index (χ0) is 18.8. The summed E-state index contributed by atoms with van der Waals surface area (Å²) in [5.74, 6) is -1.89. The Bertz CT molecular complexity index is 950. The van der Waals surface area contributed by atoms with Crippen LogP contribution in [0.15, 0.2) is 48.8 Å². The fourth-order valence-electron chi connectivity index (χ4n) is 2.93.